The quantitative estimate of drug-likeness (QED) is 0.595. The van der Waals surface area contributed by atoms with Crippen molar-refractivity contribution in [2.24, 2.45) is 15.9 Å². The maximum absolute atomic E-state index is 12.2. The van der Waals surface area contributed by atoms with Crippen LogP contribution in [0.4, 0.5) is 0 Å². The lowest BCUT2D eigenvalue weighted by atomic mass is 9.96. The van der Waals surface area contributed by atoms with Crippen LogP contribution in [0, 0.1) is 0 Å². The second kappa shape index (κ2) is 12.7. The maximum Gasteiger partial charge on any atom is 0.300 e. The molecule has 37 heavy (non-hydrogen) atoms. The van der Waals surface area contributed by atoms with Crippen LogP contribution in [0.3, 0.4) is 0 Å². The lowest BCUT2D eigenvalue weighted by molar-refractivity contribution is -0.134. The van der Waals surface area contributed by atoms with Crippen LogP contribution in [0.15, 0.2) is 34.5 Å². The Morgan fingerprint density at radius 3 is 2.49 bits per heavy atom. The number of aliphatic carboxylic acids is 1. The van der Waals surface area contributed by atoms with Gasteiger partial charge < -0.3 is 25.4 Å². The number of hydrogen-bond acceptors (Lipinski definition) is 8. The summed E-state index contributed by atoms with van der Waals surface area (Å²) < 4.78 is 6.31. The first-order chi connectivity index (χ1) is 17.8. The summed E-state index contributed by atoms with van der Waals surface area (Å²) in [5.74, 6) is 1.03. The third-order valence-electron chi connectivity index (χ3n) is 7.32. The van der Waals surface area contributed by atoms with Crippen LogP contribution < -0.4 is 5.73 Å². The van der Waals surface area contributed by atoms with Crippen molar-refractivity contribution < 1.29 is 19.4 Å². The SMILES string of the molecule is CC(=O)O.NC1=NN=C(N2CCC(N3C[C@H](CN4CCCC4=O)OC[C@@H]3Cc3ccc(Cl)cc3)CC2)C1. The number of hydrogen-bond donors (Lipinski definition) is 2. The van der Waals surface area contributed by atoms with Crippen molar-refractivity contribution in [2.75, 3.05) is 39.3 Å². The molecule has 11 heteroatoms. The molecule has 4 aliphatic heterocycles. The Kier molecular flexibility index (Phi) is 9.39. The third kappa shape index (κ3) is 7.66. The number of likely N-dealkylation sites (tertiary alicyclic amines) is 2. The molecule has 3 saturated heterocycles. The van der Waals surface area contributed by atoms with E-state index in [9.17, 15) is 4.79 Å². The number of carbonyl (C=O) groups excluding carboxylic acids is 1. The fraction of sp³-hybridized carbons (Fsp3) is 0.615. The highest BCUT2D eigenvalue weighted by molar-refractivity contribution is 6.30. The van der Waals surface area contributed by atoms with E-state index in [1.807, 2.05) is 17.0 Å². The number of nitrogens with two attached hydrogens (primary N) is 1. The van der Waals surface area contributed by atoms with Gasteiger partial charge in [0, 0.05) is 63.2 Å². The van der Waals surface area contributed by atoms with Gasteiger partial charge in [-0.05, 0) is 43.4 Å². The van der Waals surface area contributed by atoms with Gasteiger partial charge in [-0.2, -0.15) is 0 Å². The summed E-state index contributed by atoms with van der Waals surface area (Å²) in [7, 11) is 0. The number of amides is 1. The van der Waals surface area contributed by atoms with E-state index in [0.717, 1.165) is 69.6 Å². The number of nitrogens with zero attached hydrogens (tertiary/aromatic N) is 5. The topological polar surface area (TPSA) is 124 Å². The van der Waals surface area contributed by atoms with Gasteiger partial charge in [0.2, 0.25) is 5.91 Å². The minimum Gasteiger partial charge on any atom is -0.481 e. The van der Waals surface area contributed by atoms with E-state index in [-0.39, 0.29) is 12.0 Å². The van der Waals surface area contributed by atoms with Crippen molar-refractivity contribution in [3.05, 3.63) is 34.9 Å². The molecule has 0 saturated carbocycles. The van der Waals surface area contributed by atoms with Crippen LogP contribution in [0.25, 0.3) is 0 Å². The van der Waals surface area contributed by atoms with Gasteiger partial charge in [0.25, 0.3) is 5.97 Å². The van der Waals surface area contributed by atoms with Gasteiger partial charge in [0.05, 0.1) is 19.1 Å². The summed E-state index contributed by atoms with van der Waals surface area (Å²) in [4.78, 5) is 28.1. The number of halogens is 1. The zero-order valence-electron chi connectivity index (χ0n) is 21.4. The largest absolute Gasteiger partial charge is 0.481 e. The molecule has 0 aliphatic carbocycles. The first kappa shape index (κ1) is 27.3. The van der Waals surface area contributed by atoms with Gasteiger partial charge in [-0.1, -0.05) is 23.7 Å². The fourth-order valence-corrected chi connectivity index (χ4v) is 5.66. The first-order valence-electron chi connectivity index (χ1n) is 13.0. The van der Waals surface area contributed by atoms with E-state index in [4.69, 9.17) is 32.0 Å². The van der Waals surface area contributed by atoms with E-state index in [2.05, 4.69) is 32.1 Å². The van der Waals surface area contributed by atoms with Crippen molar-refractivity contribution in [1.82, 2.24) is 14.7 Å². The number of benzene rings is 1. The number of carboxylic acids is 1. The Morgan fingerprint density at radius 2 is 1.89 bits per heavy atom. The highest BCUT2D eigenvalue weighted by atomic mass is 35.5. The summed E-state index contributed by atoms with van der Waals surface area (Å²) in [5, 5.41) is 16.4. The lowest BCUT2D eigenvalue weighted by Gasteiger charge is -2.47. The average molecular weight is 533 g/mol. The maximum atomic E-state index is 12.2. The zero-order valence-corrected chi connectivity index (χ0v) is 22.1. The second-order valence-electron chi connectivity index (χ2n) is 10.1. The molecule has 3 fully saturated rings. The van der Waals surface area contributed by atoms with Gasteiger partial charge >= 0.3 is 0 Å². The number of morpholine rings is 1. The minimum absolute atomic E-state index is 0.0685. The van der Waals surface area contributed by atoms with Crippen LogP contribution in [-0.4, -0.2) is 101 Å². The Hall–Kier alpha value is -2.69. The van der Waals surface area contributed by atoms with Gasteiger partial charge in [0.15, 0.2) is 0 Å². The van der Waals surface area contributed by atoms with Crippen molar-refractivity contribution in [3.63, 3.8) is 0 Å². The molecule has 1 aromatic rings. The fourth-order valence-electron chi connectivity index (χ4n) is 5.53. The zero-order chi connectivity index (χ0) is 26.4. The van der Waals surface area contributed by atoms with Crippen molar-refractivity contribution >= 4 is 35.1 Å². The smallest absolute Gasteiger partial charge is 0.300 e. The molecule has 2 atom stereocenters. The predicted molar refractivity (Wildman–Crippen MR) is 143 cm³/mol. The molecule has 5 rings (SSSR count). The van der Waals surface area contributed by atoms with Gasteiger partial charge in [-0.15, -0.1) is 10.2 Å². The van der Waals surface area contributed by atoms with Crippen molar-refractivity contribution in [3.8, 4) is 0 Å². The van der Waals surface area contributed by atoms with Crippen LogP contribution in [-0.2, 0) is 20.7 Å². The molecular formula is C26H37ClN6O4. The van der Waals surface area contributed by atoms with Crippen molar-refractivity contribution in [1.29, 1.82) is 0 Å². The van der Waals surface area contributed by atoms with Crippen molar-refractivity contribution in [2.45, 2.75) is 63.6 Å². The van der Waals surface area contributed by atoms with E-state index in [1.165, 1.54) is 5.56 Å². The van der Waals surface area contributed by atoms with Gasteiger partial charge in [0.1, 0.15) is 11.7 Å². The molecule has 202 valence electrons. The molecular weight excluding hydrogens is 496 g/mol. The number of carbonyl (C=O) groups is 2. The normalized spacial score (nSPS) is 25.0. The highest BCUT2D eigenvalue weighted by Gasteiger charge is 2.37. The first-order valence-corrected chi connectivity index (χ1v) is 13.4. The summed E-state index contributed by atoms with van der Waals surface area (Å²) in [6, 6.07) is 8.94. The van der Waals surface area contributed by atoms with Crippen LogP contribution >= 0.6 is 11.6 Å². The Bertz CT molecular complexity index is 1000. The highest BCUT2D eigenvalue weighted by Crippen LogP contribution is 2.27. The Labute approximate surface area is 223 Å². The molecule has 0 aromatic heterocycles. The molecule has 4 heterocycles. The minimum atomic E-state index is -0.833. The molecule has 4 aliphatic rings. The number of rotatable bonds is 5. The lowest BCUT2D eigenvalue weighted by Crippen LogP contribution is -2.59. The summed E-state index contributed by atoms with van der Waals surface area (Å²) >= 11 is 6.10. The molecule has 0 unspecified atom stereocenters. The van der Waals surface area contributed by atoms with Crippen LogP contribution in [0.5, 0.6) is 0 Å². The number of piperidine rings is 1. The average Bonchev–Trinajstić information content (AvgIpc) is 3.49. The van der Waals surface area contributed by atoms with Gasteiger partial charge in [-0.3, -0.25) is 14.5 Å². The third-order valence-corrected chi connectivity index (χ3v) is 7.57. The van der Waals surface area contributed by atoms with Crippen LogP contribution in [0.1, 0.15) is 44.6 Å². The number of amidine groups is 2. The Morgan fingerprint density at radius 1 is 1.19 bits per heavy atom. The molecule has 3 N–H and O–H groups in total. The van der Waals surface area contributed by atoms with E-state index < -0.39 is 5.97 Å². The molecule has 0 spiro atoms. The summed E-state index contributed by atoms with van der Waals surface area (Å²) in [5.41, 5.74) is 7.09. The second-order valence-corrected chi connectivity index (χ2v) is 10.5. The molecule has 0 radical (unpaired) electrons. The Balaban J connectivity index is 0.000000747. The monoisotopic (exact) mass is 532 g/mol. The molecule has 1 aromatic carbocycles. The number of ether oxygens (including phenoxy) is 1. The molecule has 10 nitrogen and oxygen atoms in total. The van der Waals surface area contributed by atoms with E-state index in [0.29, 0.717) is 43.9 Å². The standard InChI is InChI=1S/C24H33ClN6O2.C2H4O2/c25-18-5-3-17(4-6-18)12-20-16-33-21(14-30-9-1-2-24(30)32)15-31(20)19-7-10-29(11-8-19)23-13-22(26)27-28-23;1-2(3)4/h3-6,19-21H,1-2,7-16H2,(H2,26,27);1H3,(H,3,4)/t20-,21-;/m0./s1. The van der Waals surface area contributed by atoms with E-state index in [1.54, 1.807) is 0 Å². The predicted octanol–water partition coefficient (Wildman–Crippen LogP) is 2.20. The van der Waals surface area contributed by atoms with E-state index >= 15 is 0 Å². The van der Waals surface area contributed by atoms with Crippen LogP contribution in [0.2, 0.25) is 5.02 Å². The summed E-state index contributed by atoms with van der Waals surface area (Å²) in [6.45, 7) is 6.13. The molecule has 0 bridgehead atoms. The number of carboxylic acid groups (broad SMARTS) is 1. The molecule has 1 amide bonds. The van der Waals surface area contributed by atoms with Gasteiger partial charge in [-0.25, -0.2) is 0 Å². The summed E-state index contributed by atoms with van der Waals surface area (Å²) in [6.07, 6.45) is 5.45.